The second kappa shape index (κ2) is 6.12. The van der Waals surface area contributed by atoms with E-state index in [1.165, 1.54) is 0 Å². The summed E-state index contributed by atoms with van der Waals surface area (Å²) in [6.45, 7) is 0.722. The summed E-state index contributed by atoms with van der Waals surface area (Å²) in [4.78, 5) is 0. The van der Waals surface area contributed by atoms with Gasteiger partial charge < -0.3 is 10.1 Å². The van der Waals surface area contributed by atoms with Gasteiger partial charge in [-0.3, -0.25) is 0 Å². The minimum atomic E-state index is 0.722. The predicted octanol–water partition coefficient (Wildman–Crippen LogP) is 4.72. The van der Waals surface area contributed by atoms with Crippen LogP contribution in [0.4, 0.5) is 5.69 Å². The number of ether oxygens (including phenoxy) is 1. The van der Waals surface area contributed by atoms with E-state index in [1.54, 1.807) is 7.11 Å². The fourth-order valence-electron chi connectivity index (χ4n) is 1.63. The smallest absolute Gasteiger partial charge is 0.122 e. The standard InChI is InChI=1S/C14H13BrClNO/c1-18-14-7-11(15)6-13(8-14)17-9-10-3-2-4-12(16)5-10/h2-8,17H,9H2,1H3. The average Bonchev–Trinajstić information content (AvgIpc) is 2.36. The first-order valence-corrected chi connectivity index (χ1v) is 6.67. The molecular formula is C14H13BrClNO. The van der Waals surface area contributed by atoms with E-state index in [4.69, 9.17) is 16.3 Å². The van der Waals surface area contributed by atoms with Crippen LogP contribution in [0, 0.1) is 0 Å². The molecule has 0 aromatic heterocycles. The van der Waals surface area contributed by atoms with E-state index in [2.05, 4.69) is 21.2 Å². The van der Waals surface area contributed by atoms with Crippen LogP contribution in [0.3, 0.4) is 0 Å². The van der Waals surface area contributed by atoms with E-state index < -0.39 is 0 Å². The highest BCUT2D eigenvalue weighted by molar-refractivity contribution is 9.10. The fourth-order valence-corrected chi connectivity index (χ4v) is 2.32. The van der Waals surface area contributed by atoms with Crippen molar-refractivity contribution in [3.63, 3.8) is 0 Å². The van der Waals surface area contributed by atoms with Crippen LogP contribution in [0.15, 0.2) is 46.9 Å². The lowest BCUT2D eigenvalue weighted by Gasteiger charge is -2.09. The van der Waals surface area contributed by atoms with Crippen LogP contribution in [-0.2, 0) is 6.54 Å². The van der Waals surface area contributed by atoms with Gasteiger partial charge in [0.05, 0.1) is 7.11 Å². The molecule has 2 nitrogen and oxygen atoms in total. The molecule has 0 heterocycles. The van der Waals surface area contributed by atoms with Gasteiger partial charge in [-0.15, -0.1) is 0 Å². The first-order valence-electron chi connectivity index (χ1n) is 5.50. The number of halogens is 2. The normalized spacial score (nSPS) is 10.2. The van der Waals surface area contributed by atoms with E-state index in [9.17, 15) is 0 Å². The van der Waals surface area contributed by atoms with Crippen LogP contribution in [0.25, 0.3) is 0 Å². The molecule has 0 saturated carbocycles. The second-order valence-electron chi connectivity index (χ2n) is 3.86. The molecule has 18 heavy (non-hydrogen) atoms. The number of hydrogen-bond donors (Lipinski definition) is 1. The Labute approximate surface area is 120 Å². The number of rotatable bonds is 4. The van der Waals surface area contributed by atoms with Crippen molar-refractivity contribution in [3.05, 3.63) is 57.5 Å². The zero-order valence-corrected chi connectivity index (χ0v) is 12.3. The molecule has 0 saturated heterocycles. The Morgan fingerprint density at radius 1 is 1.22 bits per heavy atom. The fraction of sp³-hybridized carbons (Fsp3) is 0.143. The second-order valence-corrected chi connectivity index (χ2v) is 5.22. The van der Waals surface area contributed by atoms with Gasteiger partial charge in [0, 0.05) is 27.8 Å². The molecule has 0 bridgehead atoms. The minimum absolute atomic E-state index is 0.722. The summed E-state index contributed by atoms with van der Waals surface area (Å²) in [7, 11) is 1.66. The highest BCUT2D eigenvalue weighted by Gasteiger charge is 2.00. The van der Waals surface area contributed by atoms with Crippen molar-refractivity contribution in [1.82, 2.24) is 0 Å². The Morgan fingerprint density at radius 2 is 2.06 bits per heavy atom. The topological polar surface area (TPSA) is 21.3 Å². The zero-order valence-electron chi connectivity index (χ0n) is 9.91. The van der Waals surface area contributed by atoms with Gasteiger partial charge in [-0.1, -0.05) is 39.7 Å². The summed E-state index contributed by atoms with van der Waals surface area (Å²) in [5.41, 5.74) is 2.14. The molecule has 4 heteroatoms. The van der Waals surface area contributed by atoms with Gasteiger partial charge in [-0.05, 0) is 29.8 Å². The minimum Gasteiger partial charge on any atom is -0.497 e. The van der Waals surface area contributed by atoms with E-state index in [0.29, 0.717) is 0 Å². The van der Waals surface area contributed by atoms with Gasteiger partial charge in [0.25, 0.3) is 0 Å². The highest BCUT2D eigenvalue weighted by Crippen LogP contribution is 2.25. The van der Waals surface area contributed by atoms with Crippen molar-refractivity contribution in [2.45, 2.75) is 6.54 Å². The SMILES string of the molecule is COc1cc(Br)cc(NCc2cccc(Cl)c2)c1. The molecule has 0 atom stereocenters. The molecule has 0 spiro atoms. The average molecular weight is 327 g/mol. The molecule has 0 aliphatic rings. The van der Waals surface area contributed by atoms with Crippen molar-refractivity contribution in [2.75, 3.05) is 12.4 Å². The molecule has 0 unspecified atom stereocenters. The van der Waals surface area contributed by atoms with Crippen LogP contribution in [-0.4, -0.2) is 7.11 Å². The number of nitrogens with one attached hydrogen (secondary N) is 1. The maximum Gasteiger partial charge on any atom is 0.122 e. The summed E-state index contributed by atoms with van der Waals surface area (Å²) in [6.07, 6.45) is 0. The summed E-state index contributed by atoms with van der Waals surface area (Å²) in [6, 6.07) is 13.7. The van der Waals surface area contributed by atoms with Gasteiger partial charge in [0.2, 0.25) is 0 Å². The molecule has 0 aliphatic carbocycles. The van der Waals surface area contributed by atoms with E-state index in [0.717, 1.165) is 33.0 Å². The molecule has 0 radical (unpaired) electrons. The van der Waals surface area contributed by atoms with Crippen LogP contribution in [0.5, 0.6) is 5.75 Å². The Kier molecular flexibility index (Phi) is 4.50. The Bertz CT molecular complexity index is 545. The maximum absolute atomic E-state index is 5.94. The van der Waals surface area contributed by atoms with Crippen LogP contribution in [0.1, 0.15) is 5.56 Å². The predicted molar refractivity (Wildman–Crippen MR) is 79.5 cm³/mol. The molecule has 0 aliphatic heterocycles. The van der Waals surface area contributed by atoms with Crippen LogP contribution < -0.4 is 10.1 Å². The van der Waals surface area contributed by atoms with Crippen molar-refractivity contribution >= 4 is 33.2 Å². The lowest BCUT2D eigenvalue weighted by Crippen LogP contribution is -1.99. The summed E-state index contributed by atoms with van der Waals surface area (Å²) in [5, 5.41) is 4.09. The summed E-state index contributed by atoms with van der Waals surface area (Å²) in [5.74, 6) is 0.818. The van der Waals surface area contributed by atoms with Crippen LogP contribution >= 0.6 is 27.5 Å². The molecular weight excluding hydrogens is 314 g/mol. The third-order valence-electron chi connectivity index (χ3n) is 2.49. The number of benzene rings is 2. The summed E-state index contributed by atoms with van der Waals surface area (Å²) >= 11 is 9.39. The molecule has 2 rings (SSSR count). The van der Waals surface area contributed by atoms with Crippen molar-refractivity contribution in [1.29, 1.82) is 0 Å². The van der Waals surface area contributed by atoms with Crippen molar-refractivity contribution in [3.8, 4) is 5.75 Å². The van der Waals surface area contributed by atoms with Crippen molar-refractivity contribution < 1.29 is 4.74 Å². The zero-order chi connectivity index (χ0) is 13.0. The lowest BCUT2D eigenvalue weighted by molar-refractivity contribution is 0.414. The molecule has 94 valence electrons. The molecule has 2 aromatic rings. The van der Waals surface area contributed by atoms with Gasteiger partial charge in [0.15, 0.2) is 0 Å². The monoisotopic (exact) mass is 325 g/mol. The third-order valence-corrected chi connectivity index (χ3v) is 3.19. The maximum atomic E-state index is 5.94. The van der Waals surface area contributed by atoms with Crippen LogP contribution in [0.2, 0.25) is 5.02 Å². The molecule has 1 N–H and O–H groups in total. The van der Waals surface area contributed by atoms with Gasteiger partial charge in [0.1, 0.15) is 5.75 Å². The first-order chi connectivity index (χ1) is 8.67. The lowest BCUT2D eigenvalue weighted by atomic mass is 10.2. The largest absolute Gasteiger partial charge is 0.497 e. The first kappa shape index (κ1) is 13.2. The summed E-state index contributed by atoms with van der Waals surface area (Å²) < 4.78 is 6.20. The van der Waals surface area contributed by atoms with Gasteiger partial charge >= 0.3 is 0 Å². The Morgan fingerprint density at radius 3 is 2.78 bits per heavy atom. The molecule has 0 fully saturated rings. The van der Waals surface area contributed by atoms with Gasteiger partial charge in [-0.25, -0.2) is 0 Å². The van der Waals surface area contributed by atoms with Crippen molar-refractivity contribution in [2.24, 2.45) is 0 Å². The quantitative estimate of drug-likeness (QED) is 0.877. The highest BCUT2D eigenvalue weighted by atomic mass is 79.9. The number of methoxy groups -OCH3 is 1. The number of hydrogen-bond acceptors (Lipinski definition) is 2. The van der Waals surface area contributed by atoms with E-state index in [1.807, 2.05) is 42.5 Å². The Balaban J connectivity index is 2.08. The molecule has 2 aromatic carbocycles. The van der Waals surface area contributed by atoms with E-state index in [-0.39, 0.29) is 0 Å². The third kappa shape index (κ3) is 3.65. The number of anilines is 1. The van der Waals surface area contributed by atoms with E-state index >= 15 is 0 Å². The van der Waals surface area contributed by atoms with Gasteiger partial charge in [-0.2, -0.15) is 0 Å². The Hall–Kier alpha value is -1.19. The molecule has 0 amide bonds.